The van der Waals surface area contributed by atoms with E-state index in [9.17, 15) is 0 Å². The molecular weight excluding hydrogens is 267 g/mol. The number of pyridine rings is 1. The summed E-state index contributed by atoms with van der Waals surface area (Å²) in [7, 11) is 0. The van der Waals surface area contributed by atoms with E-state index in [0.717, 1.165) is 5.56 Å². The van der Waals surface area contributed by atoms with Crippen molar-refractivity contribution in [1.82, 2.24) is 4.98 Å². The van der Waals surface area contributed by atoms with Gasteiger partial charge in [-0.05, 0) is 24.0 Å². The number of aromatic nitrogens is 1. The average Bonchev–Trinajstić information content (AvgIpc) is 2.21. The maximum absolute atomic E-state index is 8.35. The standard InChI is InChI=1S/C7H8N2O.CH3I/c1-6(9-10)7-3-2-4-8-5-7;1-2/h2-5,10H,1H3;1H3. The van der Waals surface area contributed by atoms with E-state index in [2.05, 4.69) is 32.7 Å². The van der Waals surface area contributed by atoms with Gasteiger partial charge in [0.2, 0.25) is 0 Å². The van der Waals surface area contributed by atoms with Gasteiger partial charge in [0, 0.05) is 18.0 Å². The van der Waals surface area contributed by atoms with Gasteiger partial charge in [0.25, 0.3) is 0 Å². The van der Waals surface area contributed by atoms with E-state index in [1.54, 1.807) is 25.4 Å². The van der Waals surface area contributed by atoms with E-state index in [-0.39, 0.29) is 0 Å². The summed E-state index contributed by atoms with van der Waals surface area (Å²) in [6, 6.07) is 3.63. The molecule has 0 aliphatic rings. The monoisotopic (exact) mass is 278 g/mol. The molecule has 1 aromatic heterocycles. The van der Waals surface area contributed by atoms with Crippen LogP contribution in [0.15, 0.2) is 29.7 Å². The molecule has 1 N–H and O–H groups in total. The van der Waals surface area contributed by atoms with Crippen molar-refractivity contribution in [2.24, 2.45) is 5.16 Å². The van der Waals surface area contributed by atoms with Crippen molar-refractivity contribution in [3.8, 4) is 0 Å². The highest BCUT2D eigenvalue weighted by molar-refractivity contribution is 14.1. The Labute approximate surface area is 85.7 Å². The minimum atomic E-state index is 0.577. The molecule has 1 rings (SSSR count). The van der Waals surface area contributed by atoms with Crippen LogP contribution in [0, 0.1) is 0 Å². The van der Waals surface area contributed by atoms with Crippen molar-refractivity contribution in [2.45, 2.75) is 6.92 Å². The van der Waals surface area contributed by atoms with Crippen LogP contribution in [0.5, 0.6) is 0 Å². The molecule has 66 valence electrons. The predicted octanol–water partition coefficient (Wildman–Crippen LogP) is 2.33. The van der Waals surface area contributed by atoms with Gasteiger partial charge in [0.1, 0.15) is 0 Å². The number of rotatable bonds is 1. The van der Waals surface area contributed by atoms with Crippen molar-refractivity contribution in [3.05, 3.63) is 30.1 Å². The fourth-order valence-corrected chi connectivity index (χ4v) is 0.635. The Morgan fingerprint density at radius 3 is 2.67 bits per heavy atom. The number of halogens is 1. The Hall–Kier alpha value is -0.650. The Morgan fingerprint density at radius 2 is 2.25 bits per heavy atom. The smallest absolute Gasteiger partial charge is 0.0852 e. The Bertz CT molecular complexity index is 236. The molecule has 0 saturated heterocycles. The van der Waals surface area contributed by atoms with Gasteiger partial charge in [-0.25, -0.2) is 0 Å². The lowest BCUT2D eigenvalue weighted by Gasteiger charge is -1.93. The van der Waals surface area contributed by atoms with E-state index in [4.69, 9.17) is 5.21 Å². The second-order valence-electron chi connectivity index (χ2n) is 1.93. The molecule has 0 aliphatic carbocycles. The van der Waals surface area contributed by atoms with E-state index < -0.39 is 0 Å². The van der Waals surface area contributed by atoms with E-state index >= 15 is 0 Å². The zero-order valence-corrected chi connectivity index (χ0v) is 9.19. The quantitative estimate of drug-likeness (QED) is 0.282. The maximum atomic E-state index is 8.35. The molecule has 1 aromatic rings. The van der Waals surface area contributed by atoms with E-state index in [1.165, 1.54) is 0 Å². The predicted molar refractivity (Wildman–Crippen MR) is 58.2 cm³/mol. The summed E-state index contributed by atoms with van der Waals surface area (Å²) in [5, 5.41) is 11.4. The van der Waals surface area contributed by atoms with Crippen LogP contribution in [0.4, 0.5) is 0 Å². The van der Waals surface area contributed by atoms with Crippen molar-refractivity contribution in [2.75, 3.05) is 4.93 Å². The number of hydrogen-bond acceptors (Lipinski definition) is 3. The lowest BCUT2D eigenvalue weighted by atomic mass is 10.2. The second kappa shape index (κ2) is 7.02. The fraction of sp³-hybridized carbons (Fsp3) is 0.250. The summed E-state index contributed by atoms with van der Waals surface area (Å²) >= 11 is 2.15. The highest BCUT2D eigenvalue weighted by atomic mass is 127. The molecule has 0 amide bonds. The zero-order valence-electron chi connectivity index (χ0n) is 7.03. The molecule has 12 heavy (non-hydrogen) atoms. The molecule has 0 aromatic carbocycles. The van der Waals surface area contributed by atoms with Crippen molar-refractivity contribution >= 4 is 28.3 Å². The highest BCUT2D eigenvalue weighted by Gasteiger charge is 1.93. The molecule has 3 nitrogen and oxygen atoms in total. The molecule has 1 heterocycles. The van der Waals surface area contributed by atoms with Crippen LogP contribution in [0.3, 0.4) is 0 Å². The summed E-state index contributed by atoms with van der Waals surface area (Å²) in [6.45, 7) is 1.72. The summed E-state index contributed by atoms with van der Waals surface area (Å²) in [5.41, 5.74) is 1.41. The molecule has 0 radical (unpaired) electrons. The number of hydrogen-bond donors (Lipinski definition) is 1. The lowest BCUT2D eigenvalue weighted by molar-refractivity contribution is 0.319. The van der Waals surface area contributed by atoms with Gasteiger partial charge in [-0.3, -0.25) is 4.98 Å². The van der Waals surface area contributed by atoms with Crippen molar-refractivity contribution in [3.63, 3.8) is 0 Å². The summed E-state index contributed by atoms with van der Waals surface area (Å²) in [6.07, 6.45) is 3.32. The molecular formula is C8H11IN2O. The minimum absolute atomic E-state index is 0.577. The molecule has 4 heteroatoms. The van der Waals surface area contributed by atoms with Crippen LogP contribution in [-0.2, 0) is 0 Å². The number of alkyl halides is 1. The van der Waals surface area contributed by atoms with Crippen LogP contribution >= 0.6 is 22.6 Å². The highest BCUT2D eigenvalue weighted by Crippen LogP contribution is 1.96. The first-order valence-electron chi connectivity index (χ1n) is 3.31. The second-order valence-corrected chi connectivity index (χ2v) is 1.93. The Morgan fingerprint density at radius 1 is 1.58 bits per heavy atom. The van der Waals surface area contributed by atoms with E-state index in [1.807, 2.05) is 11.0 Å². The average molecular weight is 278 g/mol. The van der Waals surface area contributed by atoms with Crippen LogP contribution < -0.4 is 0 Å². The van der Waals surface area contributed by atoms with Gasteiger partial charge in [-0.1, -0.05) is 27.7 Å². The molecule has 0 spiro atoms. The first-order chi connectivity index (χ1) is 5.84. The van der Waals surface area contributed by atoms with Gasteiger partial charge >= 0.3 is 0 Å². The van der Waals surface area contributed by atoms with Crippen LogP contribution in [0.25, 0.3) is 0 Å². The Kier molecular flexibility index (Phi) is 6.64. The van der Waals surface area contributed by atoms with Crippen LogP contribution in [0.1, 0.15) is 12.5 Å². The topological polar surface area (TPSA) is 45.5 Å². The van der Waals surface area contributed by atoms with Gasteiger partial charge in [0.15, 0.2) is 0 Å². The summed E-state index contributed by atoms with van der Waals surface area (Å²) in [4.78, 5) is 5.83. The number of nitrogens with zero attached hydrogens (tertiary/aromatic N) is 2. The first kappa shape index (κ1) is 11.4. The fourth-order valence-electron chi connectivity index (χ4n) is 0.635. The van der Waals surface area contributed by atoms with Gasteiger partial charge < -0.3 is 5.21 Å². The molecule has 0 aliphatic heterocycles. The first-order valence-corrected chi connectivity index (χ1v) is 5.47. The van der Waals surface area contributed by atoms with Gasteiger partial charge in [-0.2, -0.15) is 0 Å². The largest absolute Gasteiger partial charge is 0.411 e. The number of oxime groups is 1. The third-order valence-corrected chi connectivity index (χ3v) is 1.23. The molecule has 0 unspecified atom stereocenters. The summed E-state index contributed by atoms with van der Waals surface area (Å²) < 4.78 is 0. The summed E-state index contributed by atoms with van der Waals surface area (Å²) in [5.74, 6) is 0. The van der Waals surface area contributed by atoms with Crippen molar-refractivity contribution < 1.29 is 5.21 Å². The van der Waals surface area contributed by atoms with Gasteiger partial charge in [-0.15, -0.1) is 0 Å². The molecule has 0 bridgehead atoms. The molecule has 0 atom stereocenters. The maximum Gasteiger partial charge on any atom is 0.0852 e. The SMILES string of the molecule is CC(=NO)c1cccnc1.CI. The molecule has 0 saturated carbocycles. The normalized spacial score (nSPS) is 10.1. The zero-order chi connectivity index (χ0) is 9.40. The van der Waals surface area contributed by atoms with Crippen LogP contribution in [0.2, 0.25) is 0 Å². The Balaban J connectivity index is 0.000000561. The van der Waals surface area contributed by atoms with Gasteiger partial charge in [0.05, 0.1) is 5.71 Å². The minimum Gasteiger partial charge on any atom is -0.411 e. The third-order valence-electron chi connectivity index (χ3n) is 1.23. The van der Waals surface area contributed by atoms with E-state index in [0.29, 0.717) is 5.71 Å². The van der Waals surface area contributed by atoms with Crippen molar-refractivity contribution in [1.29, 1.82) is 0 Å². The lowest BCUT2D eigenvalue weighted by Crippen LogP contribution is -1.93. The van der Waals surface area contributed by atoms with Crippen LogP contribution in [-0.4, -0.2) is 20.8 Å². The molecule has 0 fully saturated rings. The third kappa shape index (κ3) is 3.66.